The predicted octanol–water partition coefficient (Wildman–Crippen LogP) is 10.0. The van der Waals surface area contributed by atoms with Gasteiger partial charge in [-0.25, -0.2) is 4.57 Å². The molecule has 3 atom stereocenters. The van der Waals surface area contributed by atoms with Crippen LogP contribution in [0.25, 0.3) is 0 Å². The van der Waals surface area contributed by atoms with Crippen LogP contribution >= 0.6 is 7.82 Å². The molecule has 0 aliphatic carbocycles. The zero-order valence-electron chi connectivity index (χ0n) is 31.3. The van der Waals surface area contributed by atoms with E-state index in [2.05, 4.69) is 74.6 Å². The van der Waals surface area contributed by atoms with Crippen LogP contribution < -0.4 is 0 Å². The minimum atomic E-state index is -4.52. The number of hydrogen-bond donors (Lipinski definition) is 3. The summed E-state index contributed by atoms with van der Waals surface area (Å²) in [6.45, 7) is 3.28. The van der Waals surface area contributed by atoms with E-state index in [0.29, 0.717) is 13.0 Å². The summed E-state index contributed by atoms with van der Waals surface area (Å²) in [6.07, 6.45) is 40.3. The van der Waals surface area contributed by atoms with Crippen LogP contribution in [0.5, 0.6) is 0 Å². The van der Waals surface area contributed by atoms with Crippen molar-refractivity contribution in [1.82, 2.24) is 0 Å². The molecule has 0 saturated heterocycles. The molecule has 3 unspecified atom stereocenters. The molecule has 3 N–H and O–H groups in total. The first-order valence-corrected chi connectivity index (χ1v) is 20.8. The van der Waals surface area contributed by atoms with Crippen LogP contribution in [-0.4, -0.2) is 66.3 Å². The van der Waals surface area contributed by atoms with E-state index in [0.717, 1.165) is 89.9 Å². The molecule has 0 aromatic rings. The molecule has 0 saturated carbocycles. The molecule has 290 valence electrons. The van der Waals surface area contributed by atoms with Crippen molar-refractivity contribution in [2.45, 2.75) is 154 Å². The van der Waals surface area contributed by atoms with E-state index in [-0.39, 0.29) is 13.0 Å². The van der Waals surface area contributed by atoms with Gasteiger partial charge in [-0.1, -0.05) is 120 Å². The van der Waals surface area contributed by atoms with Crippen molar-refractivity contribution in [1.29, 1.82) is 0 Å². The number of phosphoric acid groups is 1. The Bertz CT molecular complexity index is 960. The molecule has 0 fully saturated rings. The molecule has 9 nitrogen and oxygen atoms in total. The monoisotopic (exact) mass is 726 g/mol. The van der Waals surface area contributed by atoms with Crippen molar-refractivity contribution in [2.75, 3.05) is 33.0 Å². The van der Waals surface area contributed by atoms with Crippen LogP contribution in [0, 0.1) is 0 Å². The van der Waals surface area contributed by atoms with Gasteiger partial charge < -0.3 is 24.6 Å². The second-order valence-electron chi connectivity index (χ2n) is 12.6. The minimum absolute atomic E-state index is 0.0255. The molecule has 0 spiro atoms. The summed E-state index contributed by atoms with van der Waals surface area (Å²) in [5, 5.41) is 18.3. The normalized spacial score (nSPS) is 14.9. The second kappa shape index (κ2) is 36.9. The number of phosphoric ester groups is 1. The number of aliphatic hydroxyl groups is 2. The van der Waals surface area contributed by atoms with Crippen molar-refractivity contribution >= 4 is 13.8 Å². The maximum Gasteiger partial charge on any atom is 0.472 e. The Balaban J connectivity index is 4.31. The molecule has 0 bridgehead atoms. The highest BCUT2D eigenvalue weighted by Crippen LogP contribution is 2.43. The second-order valence-corrected chi connectivity index (χ2v) is 14.0. The molecular weight excluding hydrogens is 655 g/mol. The SMILES string of the molecule is CC/C=C\C/C=C\C/C=C\CCCCCCOCC(COP(=O)(O)OCC(O)CO)OC(=O)CCCCCCC/C=C\C/C=C\CCCCC. The summed E-state index contributed by atoms with van der Waals surface area (Å²) in [5.41, 5.74) is 0. The van der Waals surface area contributed by atoms with Crippen LogP contribution in [0.3, 0.4) is 0 Å². The van der Waals surface area contributed by atoms with Gasteiger partial charge in [0.15, 0.2) is 0 Å². The van der Waals surface area contributed by atoms with Crippen LogP contribution in [0.1, 0.15) is 142 Å². The smallest absolute Gasteiger partial charge is 0.457 e. The van der Waals surface area contributed by atoms with Gasteiger partial charge in [-0.3, -0.25) is 13.8 Å². The highest BCUT2D eigenvalue weighted by molar-refractivity contribution is 7.47. The van der Waals surface area contributed by atoms with Gasteiger partial charge in [0.2, 0.25) is 0 Å². The van der Waals surface area contributed by atoms with Gasteiger partial charge in [0.25, 0.3) is 0 Å². The minimum Gasteiger partial charge on any atom is -0.457 e. The number of esters is 1. The number of aliphatic hydroxyl groups excluding tert-OH is 2. The Labute approximate surface area is 304 Å². The van der Waals surface area contributed by atoms with E-state index < -0.39 is 45.8 Å². The lowest BCUT2D eigenvalue weighted by molar-refractivity contribution is -0.154. The number of allylic oxidation sites excluding steroid dienone is 10. The van der Waals surface area contributed by atoms with Crippen LogP contribution in [0.2, 0.25) is 0 Å². The number of carbonyl (C=O) groups excluding carboxylic acids is 1. The van der Waals surface area contributed by atoms with E-state index in [9.17, 15) is 19.4 Å². The standard InChI is InChI=1S/C40H71O9P/c1-3-5-7-9-11-13-15-17-19-20-22-24-26-28-30-32-40(43)49-39(37-48-50(44,45)47-35-38(42)34-41)36-46-33-31-29-27-25-23-21-18-16-14-12-10-8-6-4-2/h6,8,11-14,17-19,21,38-39,41-42H,3-5,7,9-10,15-16,20,22-37H2,1-2H3,(H,44,45)/b8-6-,13-11-,14-12-,19-17-,21-18-. The lowest BCUT2D eigenvalue weighted by atomic mass is 10.1. The van der Waals surface area contributed by atoms with E-state index in [1.54, 1.807) is 0 Å². The third-order valence-corrected chi connectivity index (χ3v) is 8.64. The Kier molecular flexibility index (Phi) is 35.6. The van der Waals surface area contributed by atoms with E-state index in [1.807, 2.05) is 0 Å². The van der Waals surface area contributed by atoms with Crippen molar-refractivity contribution in [3.63, 3.8) is 0 Å². The van der Waals surface area contributed by atoms with Crippen LogP contribution in [-0.2, 0) is 27.9 Å². The van der Waals surface area contributed by atoms with Gasteiger partial charge in [0.1, 0.15) is 12.2 Å². The lowest BCUT2D eigenvalue weighted by Gasteiger charge is -2.20. The molecule has 0 aromatic carbocycles. The molecule has 0 aliphatic rings. The highest BCUT2D eigenvalue weighted by atomic mass is 31.2. The fraction of sp³-hybridized carbons (Fsp3) is 0.725. The summed E-state index contributed by atoms with van der Waals surface area (Å²) in [4.78, 5) is 22.5. The molecular formula is C40H71O9P. The van der Waals surface area contributed by atoms with E-state index in [1.165, 1.54) is 25.7 Å². The van der Waals surface area contributed by atoms with Crippen LogP contribution in [0.15, 0.2) is 60.8 Å². The first-order valence-electron chi connectivity index (χ1n) is 19.3. The fourth-order valence-electron chi connectivity index (χ4n) is 4.75. The zero-order valence-corrected chi connectivity index (χ0v) is 32.2. The predicted molar refractivity (Wildman–Crippen MR) is 205 cm³/mol. The van der Waals surface area contributed by atoms with Crippen molar-refractivity contribution in [3.05, 3.63) is 60.8 Å². The fourth-order valence-corrected chi connectivity index (χ4v) is 5.54. The quantitative estimate of drug-likeness (QED) is 0.0250. The number of hydrogen-bond acceptors (Lipinski definition) is 8. The maximum atomic E-state index is 12.6. The topological polar surface area (TPSA) is 132 Å². The summed E-state index contributed by atoms with van der Waals surface area (Å²) < 4.78 is 33.2. The third kappa shape index (κ3) is 36.0. The largest absolute Gasteiger partial charge is 0.472 e. The van der Waals surface area contributed by atoms with Gasteiger partial charge >= 0.3 is 13.8 Å². The lowest BCUT2D eigenvalue weighted by Crippen LogP contribution is -2.29. The number of ether oxygens (including phenoxy) is 2. The molecule has 0 amide bonds. The van der Waals surface area contributed by atoms with Gasteiger partial charge in [-0.05, 0) is 77.0 Å². The molecule has 0 aromatic heterocycles. The van der Waals surface area contributed by atoms with Crippen LogP contribution in [0.4, 0.5) is 0 Å². The summed E-state index contributed by atoms with van der Waals surface area (Å²) in [5.74, 6) is -0.408. The molecule has 50 heavy (non-hydrogen) atoms. The number of carbonyl (C=O) groups is 1. The Hall–Kier alpha value is -1.84. The van der Waals surface area contributed by atoms with Gasteiger partial charge in [0.05, 0.1) is 26.4 Å². The Morgan fingerprint density at radius 1 is 0.640 bits per heavy atom. The highest BCUT2D eigenvalue weighted by Gasteiger charge is 2.26. The molecule has 10 heteroatoms. The summed E-state index contributed by atoms with van der Waals surface area (Å²) in [6, 6.07) is 0. The first kappa shape index (κ1) is 48.2. The Morgan fingerprint density at radius 3 is 1.72 bits per heavy atom. The zero-order chi connectivity index (χ0) is 36.8. The van der Waals surface area contributed by atoms with Crippen molar-refractivity contribution in [3.8, 4) is 0 Å². The Morgan fingerprint density at radius 2 is 1.14 bits per heavy atom. The summed E-state index contributed by atoms with van der Waals surface area (Å²) >= 11 is 0. The summed E-state index contributed by atoms with van der Waals surface area (Å²) in [7, 11) is -4.52. The number of rotatable bonds is 36. The molecule has 0 aliphatic heterocycles. The van der Waals surface area contributed by atoms with E-state index in [4.69, 9.17) is 23.6 Å². The van der Waals surface area contributed by atoms with Gasteiger partial charge in [0, 0.05) is 13.0 Å². The average molecular weight is 727 g/mol. The van der Waals surface area contributed by atoms with Gasteiger partial charge in [-0.2, -0.15) is 0 Å². The first-order chi connectivity index (χ1) is 24.3. The third-order valence-electron chi connectivity index (χ3n) is 7.69. The van der Waals surface area contributed by atoms with Crippen molar-refractivity contribution in [2.24, 2.45) is 0 Å². The molecule has 0 rings (SSSR count). The number of unbranched alkanes of at least 4 members (excludes halogenated alkanes) is 12. The van der Waals surface area contributed by atoms with Gasteiger partial charge in [-0.15, -0.1) is 0 Å². The molecule has 0 heterocycles. The molecule has 0 radical (unpaired) electrons. The maximum absolute atomic E-state index is 12.6. The van der Waals surface area contributed by atoms with Crippen molar-refractivity contribution < 1.29 is 43.0 Å². The average Bonchev–Trinajstić information content (AvgIpc) is 3.10. The van der Waals surface area contributed by atoms with E-state index >= 15 is 0 Å².